The Hall–Kier alpha value is -4.57. The van der Waals surface area contributed by atoms with Gasteiger partial charge in [0.15, 0.2) is 11.5 Å². The first-order valence-electron chi connectivity index (χ1n) is 13.4. The molecule has 0 unspecified atom stereocenters. The fourth-order valence-corrected chi connectivity index (χ4v) is 5.08. The molecule has 2 aliphatic heterocycles. The molecule has 2 fully saturated rings. The van der Waals surface area contributed by atoms with Gasteiger partial charge in [0.2, 0.25) is 12.7 Å². The van der Waals surface area contributed by atoms with E-state index in [-0.39, 0.29) is 34.0 Å². The Morgan fingerprint density at radius 1 is 0.875 bits per heavy atom. The minimum Gasteiger partial charge on any atom is -0.454 e. The molecule has 0 spiro atoms. The average Bonchev–Trinajstić information content (AvgIpc) is 3.75. The number of urea groups is 1. The molecule has 6 rings (SSSR count). The Morgan fingerprint density at radius 3 is 2.30 bits per heavy atom. The predicted molar refractivity (Wildman–Crippen MR) is 150 cm³/mol. The molecule has 4 amide bonds. The molecule has 0 aromatic heterocycles. The van der Waals surface area contributed by atoms with Gasteiger partial charge in [-0.15, -0.1) is 0 Å². The van der Waals surface area contributed by atoms with E-state index in [1.54, 1.807) is 39.5 Å². The minimum atomic E-state index is -0.602. The molecule has 1 aliphatic carbocycles. The van der Waals surface area contributed by atoms with Crippen LogP contribution in [0.1, 0.15) is 31.6 Å². The second-order valence-corrected chi connectivity index (χ2v) is 10.2. The van der Waals surface area contributed by atoms with E-state index in [0.717, 1.165) is 29.5 Å². The number of rotatable bonds is 6. The molecular formula is C30H34N4O6. The van der Waals surface area contributed by atoms with Gasteiger partial charge in [-0.1, -0.05) is 30.3 Å². The Bertz CT molecular complexity index is 1440. The Balaban J connectivity index is 0.00000202. The highest BCUT2D eigenvalue weighted by molar-refractivity contribution is 5.94. The maximum absolute atomic E-state index is 14.0. The van der Waals surface area contributed by atoms with Gasteiger partial charge in [0.1, 0.15) is 0 Å². The van der Waals surface area contributed by atoms with Crippen LogP contribution < -0.4 is 19.9 Å². The van der Waals surface area contributed by atoms with Crippen LogP contribution in [0, 0.1) is 5.92 Å². The summed E-state index contributed by atoms with van der Waals surface area (Å²) in [5, 5.41) is 8.93. The molecule has 1 saturated carbocycles. The van der Waals surface area contributed by atoms with E-state index in [1.807, 2.05) is 47.4 Å². The predicted octanol–water partition coefficient (Wildman–Crippen LogP) is 4.37. The number of hydrogen-bond donors (Lipinski definition) is 2. The van der Waals surface area contributed by atoms with Gasteiger partial charge in [-0.3, -0.25) is 19.7 Å². The smallest absolute Gasteiger partial charge is 0.324 e. The first-order chi connectivity index (χ1) is 19.5. The molecule has 0 radical (unpaired) electrons. The van der Waals surface area contributed by atoms with E-state index in [9.17, 15) is 14.4 Å². The molecule has 40 heavy (non-hydrogen) atoms. The summed E-state index contributed by atoms with van der Waals surface area (Å²) in [6.45, 7) is 2.44. The summed E-state index contributed by atoms with van der Waals surface area (Å²) in [6.07, 6.45) is 1.93. The maximum Gasteiger partial charge on any atom is 0.324 e. The number of nitrogens with zero attached hydrogens (tertiary/aromatic N) is 3. The molecule has 10 nitrogen and oxygen atoms in total. The lowest BCUT2D eigenvalue weighted by Gasteiger charge is -2.38. The van der Waals surface area contributed by atoms with Crippen LogP contribution in [0.25, 0.3) is 11.1 Å². The fourth-order valence-electron chi connectivity index (χ4n) is 5.08. The van der Waals surface area contributed by atoms with Crippen molar-refractivity contribution in [3.63, 3.8) is 0 Å². The third-order valence-electron chi connectivity index (χ3n) is 7.54. The van der Waals surface area contributed by atoms with Gasteiger partial charge >= 0.3 is 6.03 Å². The van der Waals surface area contributed by atoms with Gasteiger partial charge in [-0.25, -0.2) is 10.3 Å². The second-order valence-electron chi connectivity index (χ2n) is 10.2. The lowest BCUT2D eigenvalue weighted by atomic mass is 10.0. The quantitative estimate of drug-likeness (QED) is 0.351. The lowest BCUT2D eigenvalue weighted by Crippen LogP contribution is -2.54. The molecule has 0 atom stereocenters. The monoisotopic (exact) mass is 546 g/mol. The van der Waals surface area contributed by atoms with Crippen LogP contribution in [-0.4, -0.2) is 65.8 Å². The van der Waals surface area contributed by atoms with Crippen molar-refractivity contribution in [2.75, 3.05) is 37.9 Å². The first-order valence-corrected chi connectivity index (χ1v) is 13.4. The molecule has 2 heterocycles. The number of fused-ring (bicyclic) bond motifs is 1. The zero-order chi connectivity index (χ0) is 27.6. The van der Waals surface area contributed by atoms with Gasteiger partial charge in [0.25, 0.3) is 5.91 Å². The summed E-state index contributed by atoms with van der Waals surface area (Å²) < 4.78 is 11.0. The zero-order valence-corrected chi connectivity index (χ0v) is 21.9. The van der Waals surface area contributed by atoms with Crippen molar-refractivity contribution in [3.8, 4) is 22.6 Å². The fraction of sp³-hybridized carbons (Fsp3) is 0.300. The number of hydrogen-bond acceptors (Lipinski definition) is 6. The summed E-state index contributed by atoms with van der Waals surface area (Å²) in [7, 11) is 0. The molecule has 3 aliphatic rings. The van der Waals surface area contributed by atoms with Crippen molar-refractivity contribution >= 4 is 23.5 Å². The van der Waals surface area contributed by atoms with Gasteiger partial charge in [-0.05, 0) is 65.9 Å². The van der Waals surface area contributed by atoms with E-state index >= 15 is 0 Å². The number of nitrogens with one attached hydrogen (secondary N) is 1. The average molecular weight is 547 g/mol. The summed E-state index contributed by atoms with van der Waals surface area (Å²) in [6, 6.07) is 20.1. The molecule has 210 valence electrons. The number of anilines is 1. The van der Waals surface area contributed by atoms with E-state index in [4.69, 9.17) is 14.7 Å². The van der Waals surface area contributed by atoms with Gasteiger partial charge in [0.05, 0.1) is 6.54 Å². The molecule has 3 aromatic carbocycles. The first kappa shape index (κ1) is 25.7. The van der Waals surface area contributed by atoms with Crippen LogP contribution in [0.5, 0.6) is 11.5 Å². The van der Waals surface area contributed by atoms with Crippen molar-refractivity contribution in [2.45, 2.75) is 19.4 Å². The highest BCUT2D eigenvalue weighted by atomic mass is 16.7. The largest absolute Gasteiger partial charge is 0.454 e. The van der Waals surface area contributed by atoms with E-state index in [0.29, 0.717) is 48.9 Å². The van der Waals surface area contributed by atoms with E-state index < -0.39 is 5.91 Å². The van der Waals surface area contributed by atoms with Crippen LogP contribution in [0.2, 0.25) is 0 Å². The minimum absolute atomic E-state index is 0. The van der Waals surface area contributed by atoms with Crippen LogP contribution in [0.3, 0.4) is 0 Å². The Kier molecular flexibility index (Phi) is 7.00. The highest BCUT2D eigenvalue weighted by Crippen LogP contribution is 2.37. The SMILES string of the molecule is O=C(NO)c1ccc(CN(C(=O)N2CCN(C(=O)C3CC3)CC2)c2cccc(-c3ccc4c(c3)OCO4)c2)cc1.[HH].[HH]. The normalized spacial score (nSPS) is 16.0. The number of piperazine rings is 1. The van der Waals surface area contributed by atoms with Gasteiger partial charge < -0.3 is 19.3 Å². The highest BCUT2D eigenvalue weighted by Gasteiger charge is 2.36. The molecule has 3 aromatic rings. The van der Waals surface area contributed by atoms with Crippen LogP contribution in [0.4, 0.5) is 10.5 Å². The summed E-state index contributed by atoms with van der Waals surface area (Å²) in [5.74, 6) is 1.14. The summed E-state index contributed by atoms with van der Waals surface area (Å²) in [5.41, 5.74) is 5.33. The number of carbonyl (C=O) groups excluding carboxylic acids is 3. The van der Waals surface area contributed by atoms with Crippen molar-refractivity contribution in [2.24, 2.45) is 5.92 Å². The number of ether oxygens (including phenoxy) is 2. The number of carbonyl (C=O) groups is 3. The third-order valence-corrected chi connectivity index (χ3v) is 7.54. The number of amides is 4. The Labute approximate surface area is 234 Å². The number of benzene rings is 3. The topological polar surface area (TPSA) is 112 Å². The van der Waals surface area contributed by atoms with E-state index in [1.165, 1.54) is 0 Å². The van der Waals surface area contributed by atoms with Gasteiger partial charge in [0, 0.05) is 46.2 Å². The molecule has 0 bridgehead atoms. The van der Waals surface area contributed by atoms with Crippen molar-refractivity contribution in [1.82, 2.24) is 15.3 Å². The van der Waals surface area contributed by atoms with E-state index in [2.05, 4.69) is 0 Å². The molecule has 1 saturated heterocycles. The Morgan fingerprint density at radius 2 is 1.57 bits per heavy atom. The summed E-state index contributed by atoms with van der Waals surface area (Å²) in [4.78, 5) is 43.6. The maximum atomic E-state index is 14.0. The molecule has 10 heteroatoms. The zero-order valence-electron chi connectivity index (χ0n) is 21.9. The van der Waals surface area contributed by atoms with Crippen molar-refractivity contribution in [1.29, 1.82) is 0 Å². The molecule has 2 N–H and O–H groups in total. The second kappa shape index (κ2) is 10.9. The summed E-state index contributed by atoms with van der Waals surface area (Å²) >= 11 is 0. The molecular weight excluding hydrogens is 512 g/mol. The van der Waals surface area contributed by atoms with Crippen molar-refractivity contribution < 1.29 is 31.9 Å². The van der Waals surface area contributed by atoms with Gasteiger partial charge in [-0.2, -0.15) is 0 Å². The van der Waals surface area contributed by atoms with Crippen LogP contribution in [-0.2, 0) is 11.3 Å². The van der Waals surface area contributed by atoms with Crippen molar-refractivity contribution in [3.05, 3.63) is 77.9 Å². The third kappa shape index (κ3) is 5.30. The lowest BCUT2D eigenvalue weighted by molar-refractivity contribution is -0.133. The van der Waals surface area contributed by atoms with Crippen LogP contribution >= 0.6 is 0 Å². The standard InChI is InChI=1S/C30H30N4O6.2H2/c35-28(31-38)21-6-4-20(5-7-21)18-34(30(37)33-14-12-32(13-15-33)29(36)22-8-9-22)25-3-1-2-23(16-25)24-10-11-26-27(17-24)40-19-39-26;;/h1-7,10-11,16-17,22,38H,8-9,12-15,18-19H2,(H,31,35);2*1H. The van der Waals surface area contributed by atoms with Crippen LogP contribution in [0.15, 0.2) is 66.7 Å². The number of hydroxylamine groups is 1.